The Labute approximate surface area is 176 Å². The number of amides is 2. The maximum Gasteiger partial charge on any atom is 0.321 e. The Morgan fingerprint density at radius 2 is 1.72 bits per heavy atom. The van der Waals surface area contributed by atoms with Crippen LogP contribution in [0.25, 0.3) is 0 Å². The van der Waals surface area contributed by atoms with E-state index in [2.05, 4.69) is 28.6 Å². The van der Waals surface area contributed by atoms with Crippen molar-refractivity contribution in [2.45, 2.75) is 32.7 Å². The van der Waals surface area contributed by atoms with Crippen LogP contribution in [0.1, 0.15) is 40.6 Å². The Kier molecular flexibility index (Phi) is 5.65. The highest BCUT2D eigenvalue weighted by molar-refractivity contribution is 6.30. The third-order valence-corrected chi connectivity index (χ3v) is 6.07. The monoisotopic (exact) mass is 414 g/mol. The summed E-state index contributed by atoms with van der Waals surface area (Å²) in [5.41, 5.74) is 3.84. The molecule has 1 saturated heterocycles. The maximum absolute atomic E-state index is 12.9. The summed E-state index contributed by atoms with van der Waals surface area (Å²) in [7, 11) is 0. The predicted octanol–water partition coefficient (Wildman–Crippen LogP) is 4.13. The smallest absolute Gasteiger partial charge is 0.321 e. The highest BCUT2D eigenvalue weighted by Gasteiger charge is 2.29. The van der Waals surface area contributed by atoms with Crippen molar-refractivity contribution in [2.75, 3.05) is 38.0 Å². The van der Waals surface area contributed by atoms with E-state index in [0.29, 0.717) is 43.8 Å². The van der Waals surface area contributed by atoms with Gasteiger partial charge in [0.2, 0.25) is 0 Å². The third kappa shape index (κ3) is 4.49. The van der Waals surface area contributed by atoms with Gasteiger partial charge in [-0.15, -0.1) is 0 Å². The number of piperazine rings is 1. The zero-order chi connectivity index (χ0) is 20.5. The molecular formula is C22H27ClN4O2. The zero-order valence-electron chi connectivity index (χ0n) is 16.9. The van der Waals surface area contributed by atoms with Crippen LogP contribution >= 0.6 is 11.6 Å². The number of hydrogen-bond acceptors (Lipinski definition) is 3. The number of halogens is 1. The van der Waals surface area contributed by atoms with Crippen LogP contribution in [0.5, 0.6) is 0 Å². The molecule has 4 rings (SSSR count). The molecule has 7 heteroatoms. The molecule has 0 radical (unpaired) electrons. The standard InChI is InChI=1S/C22H27ClN4O2/c1-15-13-20(16(2)27(15)19-7-8-19)21(28)14-25-9-11-26(12-10-25)22(29)24-18-5-3-17(23)4-6-18/h3-6,13,19H,7-12,14H2,1-2H3,(H,24,29). The van der Waals surface area contributed by atoms with Gasteiger partial charge in [-0.25, -0.2) is 4.79 Å². The molecule has 0 unspecified atom stereocenters. The van der Waals surface area contributed by atoms with Crippen molar-refractivity contribution in [1.82, 2.24) is 14.4 Å². The predicted molar refractivity (Wildman–Crippen MR) is 115 cm³/mol. The number of aryl methyl sites for hydroxylation is 1. The molecule has 2 amide bonds. The molecule has 1 aromatic carbocycles. The van der Waals surface area contributed by atoms with Gasteiger partial charge in [0.15, 0.2) is 5.78 Å². The second-order valence-electron chi connectivity index (χ2n) is 8.01. The molecule has 2 heterocycles. The van der Waals surface area contributed by atoms with Crippen LogP contribution in [-0.2, 0) is 0 Å². The Hall–Kier alpha value is -2.31. The Balaban J connectivity index is 1.29. The minimum Gasteiger partial charge on any atom is -0.345 e. The summed E-state index contributed by atoms with van der Waals surface area (Å²) in [6, 6.07) is 9.57. The summed E-state index contributed by atoms with van der Waals surface area (Å²) in [5.74, 6) is 0.170. The van der Waals surface area contributed by atoms with Gasteiger partial charge in [-0.2, -0.15) is 0 Å². The van der Waals surface area contributed by atoms with Crippen molar-refractivity contribution in [2.24, 2.45) is 0 Å². The van der Waals surface area contributed by atoms with Crippen LogP contribution < -0.4 is 5.32 Å². The van der Waals surface area contributed by atoms with Crippen LogP contribution in [-0.4, -0.2) is 58.9 Å². The van der Waals surface area contributed by atoms with Crippen LogP contribution in [0, 0.1) is 13.8 Å². The molecule has 2 aromatic rings. The SMILES string of the molecule is Cc1cc(C(=O)CN2CCN(C(=O)Nc3ccc(Cl)cc3)CC2)c(C)n1C1CC1. The summed E-state index contributed by atoms with van der Waals surface area (Å²) in [6.45, 7) is 7.14. The van der Waals surface area contributed by atoms with E-state index in [4.69, 9.17) is 11.6 Å². The lowest BCUT2D eigenvalue weighted by molar-refractivity contribution is 0.0883. The number of ketones is 1. The second-order valence-corrected chi connectivity index (χ2v) is 8.45. The Morgan fingerprint density at radius 1 is 1.07 bits per heavy atom. The number of nitrogens with one attached hydrogen (secondary N) is 1. The summed E-state index contributed by atoms with van der Waals surface area (Å²) in [5, 5.41) is 3.53. The van der Waals surface area contributed by atoms with E-state index in [1.54, 1.807) is 29.2 Å². The number of benzene rings is 1. The molecule has 1 N–H and O–H groups in total. The molecule has 1 aliphatic carbocycles. The fraction of sp³-hybridized carbons (Fsp3) is 0.455. The Morgan fingerprint density at radius 3 is 2.34 bits per heavy atom. The van der Waals surface area contributed by atoms with E-state index in [9.17, 15) is 9.59 Å². The average Bonchev–Trinajstić information content (AvgIpc) is 3.48. The van der Waals surface area contributed by atoms with Gasteiger partial charge in [-0.05, 0) is 57.0 Å². The molecule has 0 spiro atoms. The number of Topliss-reactive ketones (excluding diaryl/α,β-unsaturated/α-hetero) is 1. The number of rotatable bonds is 5. The lowest BCUT2D eigenvalue weighted by atomic mass is 10.1. The fourth-order valence-electron chi connectivity index (χ4n) is 4.09. The lowest BCUT2D eigenvalue weighted by Gasteiger charge is -2.34. The quantitative estimate of drug-likeness (QED) is 0.748. The van der Waals surface area contributed by atoms with Gasteiger partial charge in [-0.3, -0.25) is 9.69 Å². The van der Waals surface area contributed by atoms with Crippen LogP contribution in [0.3, 0.4) is 0 Å². The summed E-state index contributed by atoms with van der Waals surface area (Å²) >= 11 is 5.88. The minimum absolute atomic E-state index is 0.119. The molecule has 2 aliphatic rings. The van der Waals surface area contributed by atoms with E-state index in [0.717, 1.165) is 16.9 Å². The first-order valence-corrected chi connectivity index (χ1v) is 10.6. The topological polar surface area (TPSA) is 57.6 Å². The second kappa shape index (κ2) is 8.20. The van der Waals surface area contributed by atoms with Crippen molar-refractivity contribution < 1.29 is 9.59 Å². The molecule has 29 heavy (non-hydrogen) atoms. The van der Waals surface area contributed by atoms with Gasteiger partial charge in [0.1, 0.15) is 0 Å². The molecule has 1 aliphatic heterocycles. The first kappa shape index (κ1) is 20.0. The fourth-order valence-corrected chi connectivity index (χ4v) is 4.21. The third-order valence-electron chi connectivity index (χ3n) is 5.82. The van der Waals surface area contributed by atoms with Gasteiger partial charge >= 0.3 is 6.03 Å². The van der Waals surface area contributed by atoms with Crippen molar-refractivity contribution in [3.8, 4) is 0 Å². The molecular weight excluding hydrogens is 388 g/mol. The minimum atomic E-state index is -0.119. The highest BCUT2D eigenvalue weighted by Crippen LogP contribution is 2.38. The highest BCUT2D eigenvalue weighted by atomic mass is 35.5. The van der Waals surface area contributed by atoms with Crippen molar-refractivity contribution in [1.29, 1.82) is 0 Å². The number of urea groups is 1. The van der Waals surface area contributed by atoms with Crippen molar-refractivity contribution in [3.05, 3.63) is 52.3 Å². The molecule has 6 nitrogen and oxygen atoms in total. The summed E-state index contributed by atoms with van der Waals surface area (Å²) in [4.78, 5) is 29.2. The molecule has 2 fully saturated rings. The van der Waals surface area contributed by atoms with Crippen LogP contribution in [0.15, 0.2) is 30.3 Å². The number of hydrogen-bond donors (Lipinski definition) is 1. The lowest BCUT2D eigenvalue weighted by Crippen LogP contribution is -2.51. The van der Waals surface area contributed by atoms with Crippen molar-refractivity contribution in [3.63, 3.8) is 0 Å². The number of aromatic nitrogens is 1. The average molecular weight is 415 g/mol. The largest absolute Gasteiger partial charge is 0.345 e. The van der Waals surface area contributed by atoms with Gasteiger partial charge in [0.25, 0.3) is 0 Å². The van der Waals surface area contributed by atoms with E-state index >= 15 is 0 Å². The normalized spacial score (nSPS) is 17.4. The number of carbonyl (C=O) groups is 2. The van der Waals surface area contributed by atoms with Gasteiger partial charge in [0.05, 0.1) is 6.54 Å². The van der Waals surface area contributed by atoms with Gasteiger partial charge in [0, 0.05) is 59.9 Å². The molecule has 0 bridgehead atoms. The molecule has 154 valence electrons. The summed E-state index contributed by atoms with van der Waals surface area (Å²) < 4.78 is 2.31. The van der Waals surface area contributed by atoms with Gasteiger partial charge in [-0.1, -0.05) is 11.6 Å². The Bertz CT molecular complexity index is 910. The first-order chi connectivity index (χ1) is 13.9. The maximum atomic E-state index is 12.9. The number of anilines is 1. The van der Waals surface area contributed by atoms with E-state index in [1.807, 2.05) is 6.07 Å². The molecule has 1 aromatic heterocycles. The summed E-state index contributed by atoms with van der Waals surface area (Å²) in [6.07, 6.45) is 2.42. The first-order valence-electron chi connectivity index (χ1n) is 10.2. The van der Waals surface area contributed by atoms with Crippen molar-refractivity contribution >= 4 is 29.1 Å². The van der Waals surface area contributed by atoms with Crippen LogP contribution in [0.4, 0.5) is 10.5 Å². The number of nitrogens with zero attached hydrogens (tertiary/aromatic N) is 3. The van der Waals surface area contributed by atoms with E-state index < -0.39 is 0 Å². The van der Waals surface area contributed by atoms with E-state index in [1.165, 1.54) is 18.5 Å². The molecule has 0 atom stereocenters. The van der Waals surface area contributed by atoms with Crippen LogP contribution in [0.2, 0.25) is 5.02 Å². The van der Waals surface area contributed by atoms with E-state index in [-0.39, 0.29) is 11.8 Å². The van der Waals surface area contributed by atoms with Gasteiger partial charge < -0.3 is 14.8 Å². The molecule has 1 saturated carbocycles. The zero-order valence-corrected chi connectivity index (χ0v) is 17.7. The number of carbonyl (C=O) groups excluding carboxylic acids is 2.